The number of nitrogens with zero attached hydrogens (tertiary/aromatic N) is 2. The highest BCUT2D eigenvalue weighted by molar-refractivity contribution is 6.29. The number of aliphatic hydroxyl groups excluding tert-OH is 1. The molecule has 0 amide bonds. The third kappa shape index (κ3) is 3.16. The molecule has 5 heteroatoms. The Morgan fingerprint density at radius 3 is 2.85 bits per heavy atom. The van der Waals surface area contributed by atoms with E-state index in [0.717, 1.165) is 5.56 Å². The van der Waals surface area contributed by atoms with E-state index in [4.69, 9.17) is 16.7 Å². The van der Waals surface area contributed by atoms with Gasteiger partial charge in [-0.1, -0.05) is 11.6 Å². The molecule has 0 radical (unpaired) electrons. The first-order valence-corrected chi connectivity index (χ1v) is 4.39. The van der Waals surface area contributed by atoms with Crippen LogP contribution in [0.15, 0.2) is 6.07 Å². The molecule has 72 valence electrons. The average Bonchev–Trinajstić information content (AvgIpc) is 2.02. The Hall–Kier alpha value is -0.870. The Bertz CT molecular complexity index is 291. The number of halogens is 1. The molecule has 2 N–H and O–H groups in total. The molecule has 0 aliphatic carbocycles. The number of hydrogen-bond acceptors (Lipinski definition) is 4. The van der Waals surface area contributed by atoms with Crippen LogP contribution in [0.1, 0.15) is 12.5 Å². The molecule has 0 unspecified atom stereocenters. The van der Waals surface area contributed by atoms with E-state index in [1.54, 1.807) is 13.0 Å². The summed E-state index contributed by atoms with van der Waals surface area (Å²) in [7, 11) is 0. The molecule has 0 aliphatic heterocycles. The van der Waals surface area contributed by atoms with E-state index in [0.29, 0.717) is 17.5 Å². The molecule has 0 fully saturated rings. The summed E-state index contributed by atoms with van der Waals surface area (Å²) in [5.41, 5.74) is 0.917. The van der Waals surface area contributed by atoms with E-state index in [1.165, 1.54) is 0 Å². The molecule has 0 spiro atoms. The van der Waals surface area contributed by atoms with Gasteiger partial charge in [-0.2, -0.15) is 0 Å². The summed E-state index contributed by atoms with van der Waals surface area (Å²) >= 11 is 5.63. The normalized spacial score (nSPS) is 12.6. The van der Waals surface area contributed by atoms with Crippen LogP contribution in [0, 0.1) is 6.92 Å². The Labute approximate surface area is 81.9 Å². The lowest BCUT2D eigenvalue weighted by Gasteiger charge is -2.08. The van der Waals surface area contributed by atoms with Crippen molar-refractivity contribution >= 4 is 17.4 Å². The zero-order valence-electron chi connectivity index (χ0n) is 7.58. The van der Waals surface area contributed by atoms with Crippen molar-refractivity contribution in [2.45, 2.75) is 20.0 Å². The summed E-state index contributed by atoms with van der Waals surface area (Å²) in [5, 5.41) is 19.9. The van der Waals surface area contributed by atoms with Gasteiger partial charge in [0.2, 0.25) is 0 Å². The van der Waals surface area contributed by atoms with Crippen molar-refractivity contribution < 1.29 is 5.11 Å². The van der Waals surface area contributed by atoms with Crippen molar-refractivity contribution in [2.24, 2.45) is 0 Å². The summed E-state index contributed by atoms with van der Waals surface area (Å²) in [5.74, 6) is 0.658. The molecule has 1 aromatic rings. The molecular weight excluding hydrogens is 190 g/mol. The maximum absolute atomic E-state index is 9.02. The van der Waals surface area contributed by atoms with Crippen LogP contribution in [0.25, 0.3) is 0 Å². The lowest BCUT2D eigenvalue weighted by Crippen LogP contribution is -2.17. The lowest BCUT2D eigenvalue weighted by molar-refractivity contribution is 0.208. The topological polar surface area (TPSA) is 58.0 Å². The van der Waals surface area contributed by atoms with E-state index in [-0.39, 0.29) is 0 Å². The number of aromatic nitrogens is 2. The number of aryl methyl sites for hydroxylation is 1. The van der Waals surface area contributed by atoms with Crippen molar-refractivity contribution in [3.05, 3.63) is 16.8 Å². The second-order valence-corrected chi connectivity index (χ2v) is 3.32. The first-order chi connectivity index (χ1) is 6.09. The number of anilines is 1. The summed E-state index contributed by atoms with van der Waals surface area (Å²) in [4.78, 5) is 0. The minimum absolute atomic E-state index is 0.375. The molecule has 0 saturated heterocycles. The second-order valence-electron chi connectivity index (χ2n) is 2.93. The van der Waals surface area contributed by atoms with Crippen molar-refractivity contribution in [2.75, 3.05) is 11.9 Å². The molecule has 1 atom stereocenters. The minimum Gasteiger partial charge on any atom is -0.392 e. The van der Waals surface area contributed by atoms with Crippen LogP contribution in [-0.2, 0) is 0 Å². The maximum Gasteiger partial charge on any atom is 0.152 e. The molecule has 1 rings (SSSR count). The molecule has 0 bridgehead atoms. The van der Waals surface area contributed by atoms with Crippen LogP contribution in [0.4, 0.5) is 5.82 Å². The predicted octanol–water partition coefficient (Wildman–Crippen LogP) is 1.23. The first-order valence-electron chi connectivity index (χ1n) is 4.01. The Balaban J connectivity index is 2.67. The first kappa shape index (κ1) is 10.2. The van der Waals surface area contributed by atoms with Gasteiger partial charge in [0, 0.05) is 6.54 Å². The van der Waals surface area contributed by atoms with Gasteiger partial charge in [0.1, 0.15) is 0 Å². The van der Waals surface area contributed by atoms with Gasteiger partial charge in [0.15, 0.2) is 11.0 Å². The van der Waals surface area contributed by atoms with Gasteiger partial charge in [-0.3, -0.25) is 0 Å². The second kappa shape index (κ2) is 4.39. The molecule has 1 heterocycles. The summed E-state index contributed by atoms with van der Waals surface area (Å²) < 4.78 is 0. The van der Waals surface area contributed by atoms with Crippen molar-refractivity contribution in [1.29, 1.82) is 0 Å². The van der Waals surface area contributed by atoms with E-state index in [2.05, 4.69) is 15.5 Å². The highest BCUT2D eigenvalue weighted by Gasteiger charge is 2.02. The maximum atomic E-state index is 9.02. The standard InChI is InChI=1S/C8H12ClN3O/c1-5-3-7(9)11-12-8(5)10-4-6(2)13/h3,6,13H,4H2,1-2H3,(H,10,12)/t6-/m1/s1. The number of rotatable bonds is 3. The predicted molar refractivity (Wildman–Crippen MR) is 51.9 cm³/mol. The SMILES string of the molecule is Cc1cc(Cl)nnc1NC[C@@H](C)O. The lowest BCUT2D eigenvalue weighted by atomic mass is 10.3. The van der Waals surface area contributed by atoms with Crippen molar-refractivity contribution in [1.82, 2.24) is 10.2 Å². The zero-order valence-corrected chi connectivity index (χ0v) is 8.34. The smallest absolute Gasteiger partial charge is 0.152 e. The largest absolute Gasteiger partial charge is 0.392 e. The van der Waals surface area contributed by atoms with Gasteiger partial charge in [-0.15, -0.1) is 10.2 Å². The summed E-state index contributed by atoms with van der Waals surface area (Å²) in [6.45, 7) is 4.04. The van der Waals surface area contributed by atoms with Crippen LogP contribution in [-0.4, -0.2) is 28.0 Å². The van der Waals surface area contributed by atoms with Gasteiger partial charge in [-0.25, -0.2) is 0 Å². The van der Waals surface area contributed by atoms with Crippen LogP contribution >= 0.6 is 11.6 Å². The van der Waals surface area contributed by atoms with Gasteiger partial charge in [-0.05, 0) is 25.5 Å². The van der Waals surface area contributed by atoms with Gasteiger partial charge < -0.3 is 10.4 Å². The van der Waals surface area contributed by atoms with Gasteiger partial charge in [0.05, 0.1) is 6.10 Å². The van der Waals surface area contributed by atoms with Crippen LogP contribution < -0.4 is 5.32 Å². The van der Waals surface area contributed by atoms with Crippen LogP contribution in [0.5, 0.6) is 0 Å². The number of nitrogens with one attached hydrogen (secondary N) is 1. The molecule has 0 saturated carbocycles. The summed E-state index contributed by atoms with van der Waals surface area (Å²) in [6.07, 6.45) is -0.406. The highest BCUT2D eigenvalue weighted by Crippen LogP contribution is 2.13. The minimum atomic E-state index is -0.406. The number of aliphatic hydroxyl groups is 1. The van der Waals surface area contributed by atoms with E-state index in [9.17, 15) is 0 Å². The third-order valence-electron chi connectivity index (χ3n) is 1.52. The van der Waals surface area contributed by atoms with Gasteiger partial charge >= 0.3 is 0 Å². The molecule has 0 aliphatic rings. The molecular formula is C8H12ClN3O. The Morgan fingerprint density at radius 2 is 2.31 bits per heavy atom. The van der Waals surface area contributed by atoms with E-state index >= 15 is 0 Å². The van der Waals surface area contributed by atoms with Crippen molar-refractivity contribution in [3.8, 4) is 0 Å². The fraction of sp³-hybridized carbons (Fsp3) is 0.500. The Morgan fingerprint density at radius 1 is 1.62 bits per heavy atom. The number of hydrogen-bond donors (Lipinski definition) is 2. The molecule has 4 nitrogen and oxygen atoms in total. The fourth-order valence-electron chi connectivity index (χ4n) is 0.872. The molecule has 1 aromatic heterocycles. The third-order valence-corrected chi connectivity index (χ3v) is 1.70. The molecule has 0 aromatic carbocycles. The van der Waals surface area contributed by atoms with E-state index < -0.39 is 6.10 Å². The van der Waals surface area contributed by atoms with E-state index in [1.807, 2.05) is 6.92 Å². The van der Waals surface area contributed by atoms with Crippen LogP contribution in [0.3, 0.4) is 0 Å². The van der Waals surface area contributed by atoms with Crippen LogP contribution in [0.2, 0.25) is 5.15 Å². The Kier molecular flexibility index (Phi) is 3.45. The average molecular weight is 202 g/mol. The summed E-state index contributed by atoms with van der Waals surface area (Å²) in [6, 6.07) is 1.72. The quantitative estimate of drug-likeness (QED) is 0.773. The van der Waals surface area contributed by atoms with Crippen molar-refractivity contribution in [3.63, 3.8) is 0 Å². The monoisotopic (exact) mass is 201 g/mol. The molecule has 13 heavy (non-hydrogen) atoms. The van der Waals surface area contributed by atoms with Gasteiger partial charge in [0.25, 0.3) is 0 Å². The zero-order chi connectivity index (χ0) is 9.84. The fourth-order valence-corrected chi connectivity index (χ4v) is 1.07. The highest BCUT2D eigenvalue weighted by atomic mass is 35.5.